The van der Waals surface area contributed by atoms with Gasteiger partial charge in [0.1, 0.15) is 0 Å². The zero-order chi connectivity index (χ0) is 52.5. The number of hydrogen-bond donors (Lipinski definition) is 0. The fraction of sp³-hybridized carbons (Fsp3) is 0.864. The topological polar surface area (TPSA) is 26.3 Å². The highest BCUT2D eigenvalue weighted by atomic mass is 19.5. The normalized spacial score (nSPS) is 17.7. The molecule has 0 rings (SSSR count). The van der Waals surface area contributed by atoms with Crippen LogP contribution in [0.15, 0.2) is 12.7 Å². The molecule has 0 aliphatic heterocycles. The predicted molar refractivity (Wildman–Crippen MR) is 111 cm³/mol. The maximum atomic E-state index is 15.2. The summed E-state index contributed by atoms with van der Waals surface area (Å²) in [5.41, 5.74) is 0. The number of esters is 1. The highest BCUT2D eigenvalue weighted by Gasteiger charge is 3.03. The van der Waals surface area contributed by atoms with Crippen molar-refractivity contribution in [2.45, 2.75) is 113 Å². The van der Waals surface area contributed by atoms with Crippen LogP contribution in [0.5, 0.6) is 0 Å². The van der Waals surface area contributed by atoms with E-state index in [0.717, 1.165) is 0 Å². The second-order valence-electron chi connectivity index (χ2n) is 11.4. The fourth-order valence-corrected chi connectivity index (χ4v) is 3.63. The smallest absolute Gasteiger partial charge is 0.413 e. The van der Waals surface area contributed by atoms with E-state index in [0.29, 0.717) is 0 Å². The van der Waals surface area contributed by atoms with Gasteiger partial charge in [-0.25, -0.2) is 4.79 Å². The number of ether oxygens (including phenoxy) is 1. The molecule has 0 fully saturated rings. The molecule has 0 aliphatic carbocycles. The Balaban J connectivity index is 8.45. The summed E-state index contributed by atoms with van der Waals surface area (Å²) in [4.78, 5) is 11.1. The Hall–Kier alpha value is -3.52. The van der Waals surface area contributed by atoms with Gasteiger partial charge in [0.15, 0.2) is 0 Å². The van der Waals surface area contributed by atoms with Gasteiger partial charge < -0.3 is 4.74 Å². The first-order valence-corrected chi connectivity index (χ1v) is 13.2. The van der Waals surface area contributed by atoms with E-state index in [-0.39, 0.29) is 0 Å². The molecule has 0 spiro atoms. The molecule has 2 nitrogen and oxygen atoms in total. The molecule has 1 atom stereocenters. The third-order valence-electron chi connectivity index (χ3n) is 7.45. The minimum absolute atomic E-state index is 1.49. The SMILES string of the molecule is C=CC(=O)OC(F)(C(F)(F)C(F)(F)C(F)(F)C(F)(F)C(F)(F)C(F)(F)C(F)(F)C(F)(F)F)C(F)(F)C(F)(F)C(F)(F)C(F)(F)C(F)(F)C(F)(F)C(F)(F)C(F)(F)C(F)(F)C(F)(F)F. The summed E-state index contributed by atoms with van der Waals surface area (Å²) in [5, 5.41) is 0. The third kappa shape index (κ3) is 6.81. The summed E-state index contributed by atoms with van der Waals surface area (Å²) >= 11 is 0. The van der Waals surface area contributed by atoms with Gasteiger partial charge in [-0.15, -0.1) is 0 Å². The molecular formula is C22H3F39O2. The van der Waals surface area contributed by atoms with Gasteiger partial charge in [-0.2, -0.15) is 171 Å². The molecule has 0 radical (unpaired) electrons. The van der Waals surface area contributed by atoms with Gasteiger partial charge in [0.05, 0.1) is 0 Å². The molecule has 0 amide bonds. The van der Waals surface area contributed by atoms with Crippen LogP contribution in [-0.2, 0) is 9.53 Å². The molecule has 0 bridgehead atoms. The number of rotatable bonds is 18. The molecule has 0 aromatic rings. The standard InChI is InChI=1S/C22H3F39O2/c1-2-3(62)63-20(55,17(49,50)13(41,42)9(33,34)7(29,30)11(37,38)15(45,46)19(53,54)22(59,60)61)16(47,48)12(39,40)8(31,32)5(25,26)4(23,24)6(27,28)10(35,36)14(43,44)18(51,52)21(56,57)58/h2H,1H2. The average Bonchev–Trinajstić information content (AvgIpc) is 3.05. The van der Waals surface area contributed by atoms with E-state index >= 15 is 4.39 Å². The van der Waals surface area contributed by atoms with E-state index in [4.69, 9.17) is 0 Å². The van der Waals surface area contributed by atoms with E-state index in [1.807, 2.05) is 0 Å². The number of carbonyl (C=O) groups excluding carboxylic acids is 1. The van der Waals surface area contributed by atoms with Crippen molar-refractivity contribution < 1.29 is 181 Å². The van der Waals surface area contributed by atoms with Gasteiger partial charge >= 0.3 is 119 Å². The van der Waals surface area contributed by atoms with Crippen LogP contribution < -0.4 is 0 Å². The van der Waals surface area contributed by atoms with Crippen LogP contribution in [0.1, 0.15) is 0 Å². The fourth-order valence-electron chi connectivity index (χ4n) is 3.63. The number of carbonyl (C=O) groups is 1. The van der Waals surface area contributed by atoms with Crippen molar-refractivity contribution in [3.8, 4) is 0 Å². The summed E-state index contributed by atoms with van der Waals surface area (Å²) in [5.74, 6) is -174. The summed E-state index contributed by atoms with van der Waals surface area (Å²) in [6.45, 7) is 1.62. The predicted octanol–water partition coefficient (Wildman–Crippen LogP) is 12.7. The van der Waals surface area contributed by atoms with Crippen LogP contribution >= 0.6 is 0 Å². The third-order valence-corrected chi connectivity index (χ3v) is 7.45. The summed E-state index contributed by atoms with van der Waals surface area (Å²) in [6, 6.07) is 0. The van der Waals surface area contributed by atoms with E-state index in [9.17, 15) is 172 Å². The Morgan fingerprint density at radius 3 is 0.508 bits per heavy atom. The van der Waals surface area contributed by atoms with Gasteiger partial charge in [-0.05, 0) is 0 Å². The Morgan fingerprint density at radius 1 is 0.254 bits per heavy atom. The molecule has 0 saturated heterocycles. The second-order valence-corrected chi connectivity index (χ2v) is 11.4. The van der Waals surface area contributed by atoms with Crippen LogP contribution in [0.25, 0.3) is 0 Å². The average molecular weight is 1040 g/mol. The molecule has 376 valence electrons. The van der Waals surface area contributed by atoms with Gasteiger partial charge in [0, 0.05) is 6.08 Å². The van der Waals surface area contributed by atoms with Crippen molar-refractivity contribution in [3.63, 3.8) is 0 Å². The molecule has 0 saturated carbocycles. The molecule has 0 aromatic carbocycles. The molecule has 0 heterocycles. The van der Waals surface area contributed by atoms with Crippen LogP contribution in [0.3, 0.4) is 0 Å². The minimum atomic E-state index is -10.5. The monoisotopic (exact) mass is 1040 g/mol. The maximum Gasteiger partial charge on any atom is 0.460 e. The van der Waals surface area contributed by atoms with Gasteiger partial charge in [0.25, 0.3) is 0 Å². The van der Waals surface area contributed by atoms with E-state index in [1.54, 1.807) is 6.58 Å². The van der Waals surface area contributed by atoms with Crippen LogP contribution in [-0.4, -0.2) is 119 Å². The molecule has 0 aromatic heterocycles. The summed E-state index contributed by atoms with van der Waals surface area (Å²) in [6.07, 6.45) is -18.6. The van der Waals surface area contributed by atoms with E-state index in [2.05, 4.69) is 0 Å². The van der Waals surface area contributed by atoms with Crippen molar-refractivity contribution in [2.75, 3.05) is 0 Å². The van der Waals surface area contributed by atoms with Crippen molar-refractivity contribution in [1.29, 1.82) is 0 Å². The van der Waals surface area contributed by atoms with Crippen molar-refractivity contribution >= 4 is 5.97 Å². The Bertz CT molecular complexity index is 1710. The van der Waals surface area contributed by atoms with Crippen molar-refractivity contribution in [2.24, 2.45) is 0 Å². The lowest BCUT2D eigenvalue weighted by Gasteiger charge is -2.48. The van der Waals surface area contributed by atoms with Crippen LogP contribution in [0.4, 0.5) is 171 Å². The second kappa shape index (κ2) is 14.5. The molecule has 41 heteroatoms. The van der Waals surface area contributed by atoms with Crippen molar-refractivity contribution in [3.05, 3.63) is 12.7 Å². The zero-order valence-corrected chi connectivity index (χ0v) is 26.8. The Kier molecular flexibility index (Phi) is 13.7. The lowest BCUT2D eigenvalue weighted by atomic mass is 9.81. The largest absolute Gasteiger partial charge is 0.460 e. The van der Waals surface area contributed by atoms with E-state index < -0.39 is 125 Å². The maximum absolute atomic E-state index is 15.2. The highest BCUT2D eigenvalue weighted by molar-refractivity contribution is 5.81. The molecular weight excluding hydrogens is 1040 g/mol. The van der Waals surface area contributed by atoms with Crippen LogP contribution in [0, 0.1) is 0 Å². The zero-order valence-electron chi connectivity index (χ0n) is 26.8. The molecule has 0 N–H and O–H groups in total. The van der Waals surface area contributed by atoms with Gasteiger partial charge in [0.2, 0.25) is 0 Å². The van der Waals surface area contributed by atoms with Gasteiger partial charge in [-0.3, -0.25) is 0 Å². The molecule has 0 aliphatic rings. The first-order chi connectivity index (χ1) is 26.5. The highest BCUT2D eigenvalue weighted by Crippen LogP contribution is 2.71. The number of halogens is 39. The van der Waals surface area contributed by atoms with Gasteiger partial charge in [-0.1, -0.05) is 6.58 Å². The van der Waals surface area contributed by atoms with Crippen molar-refractivity contribution in [1.82, 2.24) is 0 Å². The minimum Gasteiger partial charge on any atom is -0.413 e. The van der Waals surface area contributed by atoms with E-state index in [1.165, 1.54) is 4.74 Å². The first kappa shape index (κ1) is 59.5. The first-order valence-electron chi connectivity index (χ1n) is 13.2. The molecule has 63 heavy (non-hydrogen) atoms. The lowest BCUT2D eigenvalue weighted by molar-refractivity contribution is -0.502. The Morgan fingerprint density at radius 2 is 0.381 bits per heavy atom. The summed E-state index contributed by atoms with van der Waals surface area (Å²) in [7, 11) is 0. The summed E-state index contributed by atoms with van der Waals surface area (Å²) < 4.78 is 533. The van der Waals surface area contributed by atoms with Crippen LogP contribution in [0.2, 0.25) is 0 Å². The molecule has 1 unspecified atom stereocenters. The Labute approximate surface area is 313 Å². The number of alkyl halides is 39. The number of hydrogen-bond acceptors (Lipinski definition) is 2. The lowest BCUT2D eigenvalue weighted by Crippen LogP contribution is -2.81. The quantitative estimate of drug-likeness (QED) is 0.0777.